The van der Waals surface area contributed by atoms with Gasteiger partial charge in [0.05, 0.1) is 0 Å². The number of hydrogen-bond donors (Lipinski definition) is 1. The molecule has 0 saturated heterocycles. The fourth-order valence-corrected chi connectivity index (χ4v) is 0.627. The van der Waals surface area contributed by atoms with Crippen molar-refractivity contribution in [3.05, 3.63) is 0 Å². The van der Waals surface area contributed by atoms with E-state index in [1.54, 1.807) is 0 Å². The smallest absolute Gasteiger partial charge is 0.203 e. The van der Waals surface area contributed by atoms with Gasteiger partial charge in [-0.05, 0) is 0 Å². The minimum absolute atomic E-state index is 0.271. The van der Waals surface area contributed by atoms with Gasteiger partial charge >= 0.3 is 0 Å². The van der Waals surface area contributed by atoms with Crippen molar-refractivity contribution in [1.82, 2.24) is 0 Å². The van der Waals surface area contributed by atoms with Crippen molar-refractivity contribution in [2.45, 2.75) is 18.5 Å². The average Bonchev–Trinajstić information content (AvgIpc) is 2.65. The first-order valence-corrected chi connectivity index (χ1v) is 2.90. The molecule has 1 aliphatic heterocycles. The zero-order chi connectivity index (χ0) is 6.74. The third kappa shape index (κ3) is 1.27. The number of terminal acetylenes is 1. The Morgan fingerprint density at radius 1 is 1.56 bits per heavy atom. The summed E-state index contributed by atoms with van der Waals surface area (Å²) in [6, 6.07) is 0. The summed E-state index contributed by atoms with van der Waals surface area (Å²) in [5.41, 5.74) is 5.08. The van der Waals surface area contributed by atoms with E-state index in [9.17, 15) is 0 Å². The monoisotopic (exact) mass is 123 g/mol. The summed E-state index contributed by atoms with van der Waals surface area (Å²) in [4.78, 5) is 0. The maximum absolute atomic E-state index is 5.35. The molecular weight excluding hydrogens is 114 g/mol. The fourth-order valence-electron chi connectivity index (χ4n) is 0.627. The van der Waals surface area contributed by atoms with Crippen LogP contribution in [0.1, 0.15) is 12.8 Å². The molecular formula is C6H9N3. The average molecular weight is 123 g/mol. The highest BCUT2D eigenvalue weighted by Gasteiger charge is 2.37. The number of nitrogens with two attached hydrogens (primary N) is 1. The Hall–Kier alpha value is -0.880. The van der Waals surface area contributed by atoms with Gasteiger partial charge in [-0.3, -0.25) is 0 Å². The maximum atomic E-state index is 5.35. The molecule has 0 spiro atoms. The van der Waals surface area contributed by atoms with Crippen molar-refractivity contribution < 1.29 is 0 Å². The standard InChI is InChI=1S/C6H9N3/c1-2-3-4-6(5-7)8-9-6/h1H,3-5,7H2. The summed E-state index contributed by atoms with van der Waals surface area (Å²) in [5, 5.41) is 7.59. The van der Waals surface area contributed by atoms with Crippen LogP contribution in [0.2, 0.25) is 0 Å². The van der Waals surface area contributed by atoms with E-state index in [-0.39, 0.29) is 5.66 Å². The predicted molar refractivity (Wildman–Crippen MR) is 34.7 cm³/mol. The molecule has 1 aliphatic rings. The Labute approximate surface area is 54.3 Å². The van der Waals surface area contributed by atoms with Crippen LogP contribution in [-0.2, 0) is 0 Å². The SMILES string of the molecule is C#CCCC1(CN)N=N1. The third-order valence-electron chi connectivity index (χ3n) is 1.38. The first-order valence-electron chi connectivity index (χ1n) is 2.90. The lowest BCUT2D eigenvalue weighted by atomic mass is 10.1. The zero-order valence-corrected chi connectivity index (χ0v) is 5.17. The molecule has 0 aromatic carbocycles. The highest BCUT2D eigenvalue weighted by molar-refractivity contribution is 4.98. The van der Waals surface area contributed by atoms with Crippen molar-refractivity contribution in [1.29, 1.82) is 0 Å². The molecule has 0 unspecified atom stereocenters. The molecule has 3 heteroatoms. The second kappa shape index (κ2) is 2.16. The molecule has 2 N–H and O–H groups in total. The Kier molecular flexibility index (Phi) is 1.50. The summed E-state index contributed by atoms with van der Waals surface area (Å²) >= 11 is 0. The van der Waals surface area contributed by atoms with E-state index in [4.69, 9.17) is 12.2 Å². The second-order valence-electron chi connectivity index (χ2n) is 2.09. The van der Waals surface area contributed by atoms with Gasteiger partial charge in [0.15, 0.2) is 0 Å². The Morgan fingerprint density at radius 2 is 2.22 bits per heavy atom. The molecule has 0 atom stereocenters. The van der Waals surface area contributed by atoms with Crippen LogP contribution in [0.4, 0.5) is 0 Å². The highest BCUT2D eigenvalue weighted by Crippen LogP contribution is 2.31. The number of hydrogen-bond acceptors (Lipinski definition) is 3. The summed E-state index contributed by atoms with van der Waals surface area (Å²) in [6.45, 7) is 0.495. The summed E-state index contributed by atoms with van der Waals surface area (Å²) in [5.74, 6) is 2.52. The molecule has 0 aromatic rings. The third-order valence-corrected chi connectivity index (χ3v) is 1.38. The van der Waals surface area contributed by atoms with E-state index in [0.29, 0.717) is 13.0 Å². The number of nitrogens with zero attached hydrogens (tertiary/aromatic N) is 2. The van der Waals surface area contributed by atoms with E-state index in [0.717, 1.165) is 6.42 Å². The molecule has 0 aliphatic carbocycles. The second-order valence-corrected chi connectivity index (χ2v) is 2.09. The molecule has 0 aromatic heterocycles. The predicted octanol–water partition coefficient (Wildman–Crippen LogP) is 0.521. The normalized spacial score (nSPS) is 19.1. The van der Waals surface area contributed by atoms with Crippen molar-refractivity contribution in [3.8, 4) is 12.3 Å². The largest absolute Gasteiger partial charge is 0.326 e. The lowest BCUT2D eigenvalue weighted by Crippen LogP contribution is -2.23. The molecule has 1 rings (SSSR count). The van der Waals surface area contributed by atoms with Crippen LogP contribution in [0.15, 0.2) is 10.2 Å². The van der Waals surface area contributed by atoms with Gasteiger partial charge in [-0.15, -0.1) is 12.3 Å². The molecule has 0 fully saturated rings. The Balaban J connectivity index is 2.20. The van der Waals surface area contributed by atoms with Gasteiger partial charge in [0.25, 0.3) is 0 Å². The highest BCUT2D eigenvalue weighted by atomic mass is 15.4. The van der Waals surface area contributed by atoms with Crippen LogP contribution < -0.4 is 5.73 Å². The molecule has 1 heterocycles. The van der Waals surface area contributed by atoms with Crippen LogP contribution in [0.3, 0.4) is 0 Å². The van der Waals surface area contributed by atoms with Gasteiger partial charge in [0.1, 0.15) is 0 Å². The quantitative estimate of drug-likeness (QED) is 0.546. The van der Waals surface area contributed by atoms with Gasteiger partial charge in [-0.1, -0.05) is 0 Å². The van der Waals surface area contributed by atoms with E-state index in [1.807, 2.05) is 0 Å². The van der Waals surface area contributed by atoms with Crippen LogP contribution >= 0.6 is 0 Å². The minimum Gasteiger partial charge on any atom is -0.326 e. The van der Waals surface area contributed by atoms with E-state index in [1.165, 1.54) is 0 Å². The van der Waals surface area contributed by atoms with Crippen LogP contribution in [-0.4, -0.2) is 12.2 Å². The van der Waals surface area contributed by atoms with Gasteiger partial charge in [0, 0.05) is 19.4 Å². The minimum atomic E-state index is -0.271. The summed E-state index contributed by atoms with van der Waals surface area (Å²) < 4.78 is 0. The number of rotatable bonds is 3. The van der Waals surface area contributed by atoms with E-state index >= 15 is 0 Å². The molecule has 0 saturated carbocycles. The molecule has 0 bridgehead atoms. The van der Waals surface area contributed by atoms with Gasteiger partial charge < -0.3 is 5.73 Å². The lowest BCUT2D eigenvalue weighted by molar-refractivity contribution is 0.569. The van der Waals surface area contributed by atoms with Crippen molar-refractivity contribution in [3.63, 3.8) is 0 Å². The molecule has 48 valence electrons. The first kappa shape index (κ1) is 6.24. The van der Waals surface area contributed by atoms with E-state index < -0.39 is 0 Å². The van der Waals surface area contributed by atoms with Crippen LogP contribution in [0, 0.1) is 12.3 Å². The molecule has 9 heavy (non-hydrogen) atoms. The van der Waals surface area contributed by atoms with Gasteiger partial charge in [0.2, 0.25) is 5.66 Å². The van der Waals surface area contributed by atoms with Crippen molar-refractivity contribution in [2.75, 3.05) is 6.54 Å². The molecule has 0 amide bonds. The Bertz CT molecular complexity index is 160. The zero-order valence-electron chi connectivity index (χ0n) is 5.17. The van der Waals surface area contributed by atoms with Gasteiger partial charge in [-0.2, -0.15) is 10.2 Å². The Morgan fingerprint density at radius 3 is 2.56 bits per heavy atom. The van der Waals surface area contributed by atoms with Crippen molar-refractivity contribution >= 4 is 0 Å². The van der Waals surface area contributed by atoms with Crippen LogP contribution in [0.5, 0.6) is 0 Å². The summed E-state index contributed by atoms with van der Waals surface area (Å²) in [6.07, 6.45) is 6.56. The summed E-state index contributed by atoms with van der Waals surface area (Å²) in [7, 11) is 0. The molecule has 3 nitrogen and oxygen atoms in total. The molecule has 0 radical (unpaired) electrons. The van der Waals surface area contributed by atoms with Crippen LogP contribution in [0.25, 0.3) is 0 Å². The fraction of sp³-hybridized carbons (Fsp3) is 0.667. The topological polar surface area (TPSA) is 50.7 Å². The van der Waals surface area contributed by atoms with Gasteiger partial charge in [-0.25, -0.2) is 0 Å². The maximum Gasteiger partial charge on any atom is 0.203 e. The lowest BCUT2D eigenvalue weighted by Gasteiger charge is -2.01. The first-order chi connectivity index (χ1) is 4.33. The van der Waals surface area contributed by atoms with E-state index in [2.05, 4.69) is 16.1 Å². The van der Waals surface area contributed by atoms with Crippen molar-refractivity contribution in [2.24, 2.45) is 16.0 Å².